The molecule has 128 valence electrons. The number of hydrogen-bond donors (Lipinski definition) is 2. The molecular weight excluding hydrogens is 316 g/mol. The van der Waals surface area contributed by atoms with Crippen molar-refractivity contribution in [1.82, 2.24) is 10.6 Å². The number of rotatable bonds is 5. The number of hydrogen-bond acceptors (Lipinski definition) is 3. The Labute approximate surface area is 146 Å². The number of carbonyl (C=O) groups excluding carboxylic acids is 2. The Morgan fingerprint density at radius 3 is 2.48 bits per heavy atom. The number of carbonyl (C=O) groups is 2. The average Bonchev–Trinajstić information content (AvgIpc) is 2.62. The zero-order valence-electron chi connectivity index (χ0n) is 14.2. The van der Waals surface area contributed by atoms with Crippen LogP contribution in [0.25, 0.3) is 0 Å². The van der Waals surface area contributed by atoms with E-state index >= 15 is 0 Å². The molecular formula is C20H20N2O3. The van der Waals surface area contributed by atoms with Crippen LogP contribution >= 0.6 is 0 Å². The van der Waals surface area contributed by atoms with Crippen molar-refractivity contribution in [3.63, 3.8) is 0 Å². The summed E-state index contributed by atoms with van der Waals surface area (Å²) in [6, 6.07) is 15.6. The number of para-hydroxylation sites is 1. The molecule has 0 saturated carbocycles. The second kappa shape index (κ2) is 7.21. The maximum atomic E-state index is 13.1. The summed E-state index contributed by atoms with van der Waals surface area (Å²) in [4.78, 5) is 25.1. The molecule has 3 rings (SSSR count). The Hall–Kier alpha value is -3.08. The van der Waals surface area contributed by atoms with Crippen molar-refractivity contribution in [1.29, 1.82) is 0 Å². The van der Waals surface area contributed by atoms with Crippen LogP contribution in [0.2, 0.25) is 0 Å². The van der Waals surface area contributed by atoms with Crippen molar-refractivity contribution in [2.45, 2.75) is 19.9 Å². The van der Waals surface area contributed by atoms with E-state index in [2.05, 4.69) is 10.6 Å². The fourth-order valence-electron chi connectivity index (χ4n) is 2.98. The van der Waals surface area contributed by atoms with E-state index in [-0.39, 0.29) is 11.8 Å². The van der Waals surface area contributed by atoms with Crippen molar-refractivity contribution in [2.24, 2.45) is 0 Å². The van der Waals surface area contributed by atoms with Crippen molar-refractivity contribution in [3.8, 4) is 5.75 Å². The van der Waals surface area contributed by atoms with Crippen LogP contribution in [0.3, 0.4) is 0 Å². The van der Waals surface area contributed by atoms with Crippen molar-refractivity contribution >= 4 is 11.8 Å². The maximum Gasteiger partial charge on any atom is 0.319 e. The van der Waals surface area contributed by atoms with Gasteiger partial charge in [0.25, 0.3) is 0 Å². The van der Waals surface area contributed by atoms with Gasteiger partial charge in [-0.3, -0.25) is 4.79 Å². The molecule has 1 aliphatic heterocycles. The number of urea groups is 1. The highest BCUT2D eigenvalue weighted by atomic mass is 16.5. The van der Waals surface area contributed by atoms with Crippen LogP contribution in [0, 0.1) is 0 Å². The number of nitrogens with one attached hydrogen (secondary N) is 2. The van der Waals surface area contributed by atoms with Gasteiger partial charge in [-0.05, 0) is 19.9 Å². The first-order chi connectivity index (χ1) is 12.1. The molecule has 25 heavy (non-hydrogen) atoms. The normalized spacial score (nSPS) is 16.9. The molecule has 2 aromatic carbocycles. The van der Waals surface area contributed by atoms with E-state index in [4.69, 9.17) is 4.74 Å². The molecule has 0 aliphatic carbocycles. The lowest BCUT2D eigenvalue weighted by atomic mass is 9.89. The molecule has 1 heterocycles. The molecule has 0 saturated heterocycles. The SMILES string of the molecule is CCOc1ccccc1C1NC(=O)NC(C)=C1C(=O)c1ccccc1. The van der Waals surface area contributed by atoms with Crippen LogP contribution < -0.4 is 15.4 Å². The molecule has 0 spiro atoms. The van der Waals surface area contributed by atoms with Crippen LogP contribution in [0.15, 0.2) is 65.9 Å². The van der Waals surface area contributed by atoms with Crippen LogP contribution in [-0.2, 0) is 0 Å². The molecule has 5 nitrogen and oxygen atoms in total. The molecule has 1 unspecified atom stereocenters. The summed E-state index contributed by atoms with van der Waals surface area (Å²) in [6.07, 6.45) is 0. The summed E-state index contributed by atoms with van der Waals surface area (Å²) in [5, 5.41) is 5.55. The number of Topliss-reactive ketones (excluding diaryl/α,β-unsaturated/α-hetero) is 1. The molecule has 0 radical (unpaired) electrons. The van der Waals surface area contributed by atoms with Gasteiger partial charge in [0.05, 0.1) is 12.6 Å². The molecule has 0 fully saturated rings. The topological polar surface area (TPSA) is 67.4 Å². The van der Waals surface area contributed by atoms with Gasteiger partial charge in [-0.15, -0.1) is 0 Å². The largest absolute Gasteiger partial charge is 0.494 e. The van der Waals surface area contributed by atoms with E-state index in [9.17, 15) is 9.59 Å². The summed E-state index contributed by atoms with van der Waals surface area (Å²) >= 11 is 0. The standard InChI is InChI=1S/C20H20N2O3/c1-3-25-16-12-8-7-11-15(16)18-17(13(2)21-20(24)22-18)19(23)14-9-5-4-6-10-14/h4-12,18H,3H2,1-2H3,(H2,21,22,24). The van der Waals surface area contributed by atoms with Gasteiger partial charge in [0.2, 0.25) is 0 Å². The molecule has 1 aliphatic rings. The number of allylic oxidation sites excluding steroid dienone is 1. The first kappa shape index (κ1) is 16.8. The Kier molecular flexibility index (Phi) is 4.84. The summed E-state index contributed by atoms with van der Waals surface area (Å²) < 4.78 is 5.69. The van der Waals surface area contributed by atoms with E-state index in [1.807, 2.05) is 49.4 Å². The third-order valence-corrected chi connectivity index (χ3v) is 4.08. The quantitative estimate of drug-likeness (QED) is 0.820. The molecule has 2 amide bonds. The zero-order valence-corrected chi connectivity index (χ0v) is 14.2. The van der Waals surface area contributed by atoms with E-state index in [1.165, 1.54) is 0 Å². The lowest BCUT2D eigenvalue weighted by Gasteiger charge is -2.29. The predicted octanol–water partition coefficient (Wildman–Crippen LogP) is 3.60. The Balaban J connectivity index is 2.09. The fraction of sp³-hybridized carbons (Fsp3) is 0.200. The van der Waals surface area contributed by atoms with Crippen LogP contribution in [0.4, 0.5) is 4.79 Å². The Morgan fingerprint density at radius 1 is 1.08 bits per heavy atom. The van der Waals surface area contributed by atoms with Gasteiger partial charge in [0.15, 0.2) is 5.78 Å². The van der Waals surface area contributed by atoms with Gasteiger partial charge >= 0.3 is 6.03 Å². The minimum absolute atomic E-state index is 0.123. The van der Waals surface area contributed by atoms with Crippen molar-refractivity contribution < 1.29 is 14.3 Å². The second-order valence-electron chi connectivity index (χ2n) is 5.74. The first-order valence-electron chi connectivity index (χ1n) is 8.21. The highest BCUT2D eigenvalue weighted by Crippen LogP contribution is 2.34. The van der Waals surface area contributed by atoms with Gasteiger partial charge in [-0.2, -0.15) is 0 Å². The van der Waals surface area contributed by atoms with Gasteiger partial charge in [0.1, 0.15) is 5.75 Å². The van der Waals surface area contributed by atoms with Crippen LogP contribution in [-0.4, -0.2) is 18.4 Å². The number of ketones is 1. The lowest BCUT2D eigenvalue weighted by molar-refractivity contribution is 0.102. The van der Waals surface area contributed by atoms with Crippen LogP contribution in [0.5, 0.6) is 5.75 Å². The highest BCUT2D eigenvalue weighted by molar-refractivity contribution is 6.11. The zero-order chi connectivity index (χ0) is 17.8. The summed E-state index contributed by atoms with van der Waals surface area (Å²) in [7, 11) is 0. The molecule has 2 aromatic rings. The van der Waals surface area contributed by atoms with E-state index in [0.29, 0.717) is 29.2 Å². The fourth-order valence-corrected chi connectivity index (χ4v) is 2.98. The maximum absolute atomic E-state index is 13.1. The van der Waals surface area contributed by atoms with Gasteiger partial charge < -0.3 is 15.4 Å². The lowest BCUT2D eigenvalue weighted by Crippen LogP contribution is -2.45. The van der Waals surface area contributed by atoms with E-state index < -0.39 is 6.04 Å². The van der Waals surface area contributed by atoms with Crippen molar-refractivity contribution in [2.75, 3.05) is 6.61 Å². The summed E-state index contributed by atoms with van der Waals surface area (Å²) in [5.74, 6) is 0.533. The van der Waals surface area contributed by atoms with E-state index in [1.54, 1.807) is 19.1 Å². The number of benzene rings is 2. The molecule has 0 aromatic heterocycles. The van der Waals surface area contributed by atoms with Crippen molar-refractivity contribution in [3.05, 3.63) is 77.0 Å². The molecule has 1 atom stereocenters. The minimum Gasteiger partial charge on any atom is -0.494 e. The highest BCUT2D eigenvalue weighted by Gasteiger charge is 2.33. The summed E-state index contributed by atoms with van der Waals surface area (Å²) in [6.45, 7) is 4.14. The average molecular weight is 336 g/mol. The predicted molar refractivity (Wildman–Crippen MR) is 95.5 cm³/mol. The Morgan fingerprint density at radius 2 is 1.76 bits per heavy atom. The smallest absolute Gasteiger partial charge is 0.319 e. The van der Waals surface area contributed by atoms with Crippen LogP contribution in [0.1, 0.15) is 35.8 Å². The summed E-state index contributed by atoms with van der Waals surface area (Å²) in [5.41, 5.74) is 2.40. The molecule has 2 N–H and O–H groups in total. The third-order valence-electron chi connectivity index (χ3n) is 4.08. The monoisotopic (exact) mass is 336 g/mol. The molecule has 0 bridgehead atoms. The first-order valence-corrected chi connectivity index (χ1v) is 8.21. The van der Waals surface area contributed by atoms with E-state index in [0.717, 1.165) is 5.56 Å². The third kappa shape index (κ3) is 3.40. The number of ether oxygens (including phenoxy) is 1. The van der Waals surface area contributed by atoms with Gasteiger partial charge in [-0.1, -0.05) is 48.5 Å². The minimum atomic E-state index is -0.566. The van der Waals surface area contributed by atoms with Gasteiger partial charge in [-0.25, -0.2) is 4.79 Å². The molecule has 5 heteroatoms. The van der Waals surface area contributed by atoms with Gasteiger partial charge in [0, 0.05) is 22.4 Å². The second-order valence-corrected chi connectivity index (χ2v) is 5.74. The number of amides is 2. The Bertz CT molecular complexity index is 828.